The van der Waals surface area contributed by atoms with Gasteiger partial charge in [-0.2, -0.15) is 5.10 Å². The fraction of sp³-hybridized carbons (Fsp3) is 0.143. The molecule has 1 aromatic heterocycles. The van der Waals surface area contributed by atoms with Crippen molar-refractivity contribution in [3.05, 3.63) is 111 Å². The molecule has 1 heterocycles. The first-order valence-electron chi connectivity index (χ1n) is 11.7. The monoisotopic (exact) mass is 533 g/mol. The Morgan fingerprint density at radius 1 is 1.18 bits per heavy atom. The van der Waals surface area contributed by atoms with Crippen LogP contribution >= 0.6 is 11.6 Å². The van der Waals surface area contributed by atoms with Gasteiger partial charge in [0.05, 0.1) is 17.7 Å². The van der Waals surface area contributed by atoms with E-state index in [4.69, 9.17) is 25.5 Å². The molecule has 3 aromatic carbocycles. The van der Waals surface area contributed by atoms with E-state index in [0.717, 1.165) is 5.56 Å². The minimum atomic E-state index is -0.512. The summed E-state index contributed by atoms with van der Waals surface area (Å²) in [5.74, 6) is 0.563. The molecule has 194 valence electrons. The standard InChI is InChI=1S/C28H24ClN3O6/c1-3-6-20-11-19(16-30-31-28(33)26-15-21-14-22(29)9-10-24(21)38-26)13-25(36-4-2)27(20)37-17-18-7-5-8-23(12-18)32(34)35/h3,5,7-16H,1,4,6,17H2,2H3,(H,31,33)/b30-16+. The van der Waals surface area contributed by atoms with Crippen molar-refractivity contribution in [2.45, 2.75) is 20.0 Å². The van der Waals surface area contributed by atoms with Gasteiger partial charge in [-0.3, -0.25) is 14.9 Å². The minimum Gasteiger partial charge on any atom is -0.490 e. The lowest BCUT2D eigenvalue weighted by atomic mass is 10.1. The molecule has 0 bridgehead atoms. The number of nitrogens with zero attached hydrogens (tertiary/aromatic N) is 2. The van der Waals surface area contributed by atoms with Gasteiger partial charge in [-0.15, -0.1) is 6.58 Å². The third-order valence-corrected chi connectivity index (χ3v) is 5.64. The van der Waals surface area contributed by atoms with E-state index in [9.17, 15) is 14.9 Å². The number of halogens is 1. The number of allylic oxidation sites excluding steroid dienone is 1. The van der Waals surface area contributed by atoms with Crippen LogP contribution in [0.25, 0.3) is 11.0 Å². The molecular formula is C28H24ClN3O6. The molecule has 38 heavy (non-hydrogen) atoms. The third kappa shape index (κ3) is 6.37. The van der Waals surface area contributed by atoms with Crippen LogP contribution in [0.15, 0.2) is 82.8 Å². The first-order chi connectivity index (χ1) is 18.4. The summed E-state index contributed by atoms with van der Waals surface area (Å²) in [6.07, 6.45) is 3.68. The number of ether oxygens (including phenoxy) is 2. The number of hydrazone groups is 1. The Kier molecular flexibility index (Phi) is 8.40. The van der Waals surface area contributed by atoms with Crippen molar-refractivity contribution in [2.24, 2.45) is 5.10 Å². The van der Waals surface area contributed by atoms with Crippen LogP contribution in [0.2, 0.25) is 5.02 Å². The normalized spacial score (nSPS) is 11.0. The maximum Gasteiger partial charge on any atom is 0.307 e. The molecule has 0 aliphatic carbocycles. The summed E-state index contributed by atoms with van der Waals surface area (Å²) in [6.45, 7) is 6.15. The topological polar surface area (TPSA) is 116 Å². The molecule has 0 radical (unpaired) electrons. The number of non-ortho nitro benzene ring substituents is 1. The van der Waals surface area contributed by atoms with Crippen LogP contribution in [0.3, 0.4) is 0 Å². The van der Waals surface area contributed by atoms with E-state index in [1.54, 1.807) is 48.5 Å². The number of carbonyl (C=O) groups is 1. The lowest BCUT2D eigenvalue weighted by Gasteiger charge is -2.16. The molecule has 0 saturated heterocycles. The van der Waals surface area contributed by atoms with Gasteiger partial charge in [0, 0.05) is 28.1 Å². The molecule has 0 fully saturated rings. The maximum absolute atomic E-state index is 12.5. The second-order valence-electron chi connectivity index (χ2n) is 8.14. The van der Waals surface area contributed by atoms with Gasteiger partial charge < -0.3 is 13.9 Å². The number of hydrogen-bond acceptors (Lipinski definition) is 7. The summed E-state index contributed by atoms with van der Waals surface area (Å²) in [4.78, 5) is 23.2. The fourth-order valence-corrected chi connectivity index (χ4v) is 3.93. The average molecular weight is 534 g/mol. The quantitative estimate of drug-likeness (QED) is 0.102. The summed E-state index contributed by atoms with van der Waals surface area (Å²) in [6, 6.07) is 16.5. The van der Waals surface area contributed by atoms with E-state index in [1.165, 1.54) is 18.3 Å². The van der Waals surface area contributed by atoms with Gasteiger partial charge in [-0.05, 0) is 60.9 Å². The summed E-state index contributed by atoms with van der Waals surface area (Å²) in [5.41, 5.74) is 5.07. The molecule has 9 nitrogen and oxygen atoms in total. The van der Waals surface area contributed by atoms with E-state index in [1.807, 2.05) is 13.0 Å². The number of furan rings is 1. The van der Waals surface area contributed by atoms with Crippen molar-refractivity contribution in [1.82, 2.24) is 5.43 Å². The van der Waals surface area contributed by atoms with E-state index >= 15 is 0 Å². The summed E-state index contributed by atoms with van der Waals surface area (Å²) >= 11 is 5.99. The Bertz CT molecular complexity index is 1530. The Morgan fingerprint density at radius 3 is 2.79 bits per heavy atom. The van der Waals surface area contributed by atoms with Crippen LogP contribution < -0.4 is 14.9 Å². The predicted molar refractivity (Wildman–Crippen MR) is 145 cm³/mol. The minimum absolute atomic E-state index is 0.0116. The van der Waals surface area contributed by atoms with Crippen LogP contribution in [0.5, 0.6) is 11.5 Å². The van der Waals surface area contributed by atoms with Gasteiger partial charge in [0.1, 0.15) is 12.2 Å². The van der Waals surface area contributed by atoms with Crippen molar-refractivity contribution < 1.29 is 23.6 Å². The SMILES string of the molecule is C=CCc1cc(/C=N/NC(=O)c2cc3cc(Cl)ccc3o2)cc(OCC)c1OCc1cccc([N+](=O)[O-])c1. The molecular weight excluding hydrogens is 510 g/mol. The highest BCUT2D eigenvalue weighted by atomic mass is 35.5. The number of hydrogen-bond donors (Lipinski definition) is 1. The molecule has 0 atom stereocenters. The summed E-state index contributed by atoms with van der Waals surface area (Å²) in [7, 11) is 0. The number of fused-ring (bicyclic) bond motifs is 1. The second-order valence-corrected chi connectivity index (χ2v) is 8.58. The number of nitro benzene ring substituents is 1. The Balaban J connectivity index is 1.53. The smallest absolute Gasteiger partial charge is 0.307 e. The lowest BCUT2D eigenvalue weighted by molar-refractivity contribution is -0.384. The maximum atomic E-state index is 12.5. The number of nitrogens with one attached hydrogen (secondary N) is 1. The highest BCUT2D eigenvalue weighted by Gasteiger charge is 2.15. The summed E-state index contributed by atoms with van der Waals surface area (Å²) in [5, 5.41) is 16.4. The molecule has 0 saturated carbocycles. The molecule has 0 spiro atoms. The van der Waals surface area contributed by atoms with Gasteiger partial charge in [0.2, 0.25) is 0 Å². The van der Waals surface area contributed by atoms with Crippen molar-refractivity contribution in [3.8, 4) is 11.5 Å². The highest BCUT2D eigenvalue weighted by Crippen LogP contribution is 2.34. The summed E-state index contributed by atoms with van der Waals surface area (Å²) < 4.78 is 17.4. The van der Waals surface area contributed by atoms with E-state index in [0.29, 0.717) is 51.6 Å². The zero-order valence-corrected chi connectivity index (χ0v) is 21.2. The molecule has 1 N–H and O–H groups in total. The zero-order chi connectivity index (χ0) is 27.1. The number of rotatable bonds is 11. The van der Waals surface area contributed by atoms with Gasteiger partial charge in [0.15, 0.2) is 17.3 Å². The lowest BCUT2D eigenvalue weighted by Crippen LogP contribution is -2.16. The molecule has 0 aliphatic rings. The molecule has 0 unspecified atom stereocenters. The average Bonchev–Trinajstić information content (AvgIpc) is 3.32. The van der Waals surface area contributed by atoms with E-state index < -0.39 is 10.8 Å². The second kappa shape index (κ2) is 12.1. The van der Waals surface area contributed by atoms with Crippen LogP contribution in [-0.4, -0.2) is 23.7 Å². The molecule has 1 amide bonds. The van der Waals surface area contributed by atoms with Gasteiger partial charge >= 0.3 is 5.91 Å². The molecule has 4 rings (SSSR count). The predicted octanol–water partition coefficient (Wildman–Crippen LogP) is 6.46. The molecule has 0 aliphatic heterocycles. The number of benzene rings is 3. The van der Waals surface area contributed by atoms with Crippen molar-refractivity contribution in [1.29, 1.82) is 0 Å². The number of carbonyl (C=O) groups excluding carboxylic acids is 1. The Labute approximate surface area is 223 Å². The molecule has 10 heteroatoms. The van der Waals surface area contributed by atoms with Crippen LogP contribution in [-0.2, 0) is 13.0 Å². The third-order valence-electron chi connectivity index (χ3n) is 5.40. The van der Waals surface area contributed by atoms with Gasteiger partial charge in [0.25, 0.3) is 5.69 Å². The van der Waals surface area contributed by atoms with Crippen LogP contribution in [0, 0.1) is 10.1 Å². The zero-order valence-electron chi connectivity index (χ0n) is 20.5. The van der Waals surface area contributed by atoms with E-state index in [2.05, 4.69) is 17.1 Å². The van der Waals surface area contributed by atoms with E-state index in [-0.39, 0.29) is 18.1 Å². The van der Waals surface area contributed by atoms with Gasteiger partial charge in [-0.1, -0.05) is 29.8 Å². The number of nitro groups is 1. The van der Waals surface area contributed by atoms with Gasteiger partial charge in [-0.25, -0.2) is 5.43 Å². The Hall–Kier alpha value is -4.63. The largest absolute Gasteiger partial charge is 0.490 e. The first-order valence-corrected chi connectivity index (χ1v) is 12.0. The first kappa shape index (κ1) is 26.4. The number of amides is 1. The molecule has 4 aromatic rings. The highest BCUT2D eigenvalue weighted by molar-refractivity contribution is 6.31. The Morgan fingerprint density at radius 2 is 2.03 bits per heavy atom. The fourth-order valence-electron chi connectivity index (χ4n) is 3.75. The van der Waals surface area contributed by atoms with Crippen LogP contribution in [0.4, 0.5) is 5.69 Å². The van der Waals surface area contributed by atoms with Crippen molar-refractivity contribution >= 4 is 40.4 Å². The van der Waals surface area contributed by atoms with Crippen molar-refractivity contribution in [2.75, 3.05) is 6.61 Å². The van der Waals surface area contributed by atoms with Crippen molar-refractivity contribution in [3.63, 3.8) is 0 Å². The van der Waals surface area contributed by atoms with Crippen LogP contribution in [0.1, 0.15) is 34.2 Å².